The summed E-state index contributed by atoms with van der Waals surface area (Å²) in [6.07, 6.45) is 6.38. The number of piperidine rings is 1. The molecule has 3 heteroatoms. The second-order valence-electron chi connectivity index (χ2n) is 4.07. The van der Waals surface area contributed by atoms with Crippen molar-refractivity contribution < 1.29 is 4.79 Å². The number of carbonyl (C=O) groups is 1. The fraction of sp³-hybridized carbons (Fsp3) is 0.909. The van der Waals surface area contributed by atoms with Crippen molar-refractivity contribution in [2.24, 2.45) is 0 Å². The Bertz CT molecular complexity index is 165. The molecule has 1 amide bonds. The highest BCUT2D eigenvalue weighted by molar-refractivity contribution is 5.76. The summed E-state index contributed by atoms with van der Waals surface area (Å²) in [4.78, 5) is 11.4. The van der Waals surface area contributed by atoms with Crippen LogP contribution in [-0.2, 0) is 4.79 Å². The lowest BCUT2D eigenvalue weighted by molar-refractivity contribution is -0.122. The molecule has 0 bridgehead atoms. The molecule has 0 aromatic heterocycles. The number of carbonyl (C=O) groups excluding carboxylic acids is 1. The van der Waals surface area contributed by atoms with Gasteiger partial charge in [0.15, 0.2) is 0 Å². The van der Waals surface area contributed by atoms with E-state index in [1.54, 1.807) is 0 Å². The van der Waals surface area contributed by atoms with Gasteiger partial charge >= 0.3 is 0 Å². The Morgan fingerprint density at radius 1 is 1.50 bits per heavy atom. The third-order valence-corrected chi connectivity index (χ3v) is 2.67. The van der Waals surface area contributed by atoms with Crippen LogP contribution >= 0.6 is 0 Å². The van der Waals surface area contributed by atoms with Crippen LogP contribution in [0.15, 0.2) is 0 Å². The number of rotatable bonds is 5. The van der Waals surface area contributed by atoms with Crippen molar-refractivity contribution in [1.82, 2.24) is 10.6 Å². The molecule has 2 N–H and O–H groups in total. The summed E-state index contributed by atoms with van der Waals surface area (Å²) in [6, 6.07) is 0.373. The van der Waals surface area contributed by atoms with E-state index in [0.717, 1.165) is 32.4 Å². The number of amides is 1. The molecule has 0 spiro atoms. The van der Waals surface area contributed by atoms with Gasteiger partial charge in [-0.1, -0.05) is 19.8 Å². The fourth-order valence-electron chi connectivity index (χ4n) is 1.81. The molecule has 1 rings (SSSR count). The second-order valence-corrected chi connectivity index (χ2v) is 4.07. The normalized spacial score (nSPS) is 21.9. The molecular weight excluding hydrogens is 176 g/mol. The van der Waals surface area contributed by atoms with Crippen LogP contribution in [0.25, 0.3) is 0 Å². The minimum absolute atomic E-state index is 0.229. The van der Waals surface area contributed by atoms with Crippen molar-refractivity contribution >= 4 is 5.91 Å². The summed E-state index contributed by atoms with van der Waals surface area (Å²) in [5.74, 6) is 0.229. The van der Waals surface area contributed by atoms with Crippen molar-refractivity contribution in [1.29, 1.82) is 0 Å². The Balaban J connectivity index is 2.06. The van der Waals surface area contributed by atoms with Crippen molar-refractivity contribution in [3.8, 4) is 0 Å². The SMILES string of the molecule is CCCCCC(=O)N[C@H]1CCCNC1. The van der Waals surface area contributed by atoms with Crippen molar-refractivity contribution in [3.05, 3.63) is 0 Å². The van der Waals surface area contributed by atoms with E-state index in [4.69, 9.17) is 0 Å². The van der Waals surface area contributed by atoms with E-state index in [9.17, 15) is 4.79 Å². The molecule has 0 radical (unpaired) electrons. The van der Waals surface area contributed by atoms with E-state index < -0.39 is 0 Å². The van der Waals surface area contributed by atoms with Gasteiger partial charge in [-0.25, -0.2) is 0 Å². The molecule has 0 aromatic carbocycles. The van der Waals surface area contributed by atoms with Gasteiger partial charge in [0, 0.05) is 19.0 Å². The highest BCUT2D eigenvalue weighted by Gasteiger charge is 2.14. The van der Waals surface area contributed by atoms with Gasteiger partial charge < -0.3 is 10.6 Å². The molecule has 1 aliphatic rings. The summed E-state index contributed by atoms with van der Waals surface area (Å²) in [7, 11) is 0. The molecule has 1 fully saturated rings. The first-order valence-electron chi connectivity index (χ1n) is 5.83. The average Bonchev–Trinajstić information content (AvgIpc) is 2.20. The summed E-state index contributed by atoms with van der Waals surface area (Å²) < 4.78 is 0. The topological polar surface area (TPSA) is 41.1 Å². The number of hydrogen-bond acceptors (Lipinski definition) is 2. The van der Waals surface area contributed by atoms with Crippen LogP contribution in [0.2, 0.25) is 0 Å². The quantitative estimate of drug-likeness (QED) is 0.656. The maximum Gasteiger partial charge on any atom is 0.220 e. The van der Waals surface area contributed by atoms with E-state index >= 15 is 0 Å². The molecule has 1 atom stereocenters. The Kier molecular flexibility index (Phi) is 5.60. The van der Waals surface area contributed by atoms with Crippen LogP contribution in [0.4, 0.5) is 0 Å². The van der Waals surface area contributed by atoms with Gasteiger partial charge in [-0.15, -0.1) is 0 Å². The molecule has 82 valence electrons. The number of nitrogens with one attached hydrogen (secondary N) is 2. The van der Waals surface area contributed by atoms with Gasteiger partial charge in [0.25, 0.3) is 0 Å². The van der Waals surface area contributed by atoms with Crippen molar-refractivity contribution in [3.63, 3.8) is 0 Å². The van der Waals surface area contributed by atoms with Crippen LogP contribution in [0.3, 0.4) is 0 Å². The Labute approximate surface area is 86.6 Å². The van der Waals surface area contributed by atoms with Crippen LogP contribution in [0.5, 0.6) is 0 Å². The van der Waals surface area contributed by atoms with Gasteiger partial charge in [-0.2, -0.15) is 0 Å². The van der Waals surface area contributed by atoms with E-state index in [-0.39, 0.29) is 5.91 Å². The van der Waals surface area contributed by atoms with Gasteiger partial charge in [0.1, 0.15) is 0 Å². The smallest absolute Gasteiger partial charge is 0.220 e. The van der Waals surface area contributed by atoms with Crippen LogP contribution in [0.1, 0.15) is 45.4 Å². The average molecular weight is 198 g/mol. The van der Waals surface area contributed by atoms with Gasteiger partial charge in [0.05, 0.1) is 0 Å². The van der Waals surface area contributed by atoms with Gasteiger partial charge in [0.2, 0.25) is 5.91 Å². The van der Waals surface area contributed by atoms with E-state index in [0.29, 0.717) is 12.5 Å². The highest BCUT2D eigenvalue weighted by atomic mass is 16.1. The minimum atomic E-state index is 0.229. The monoisotopic (exact) mass is 198 g/mol. The molecule has 1 heterocycles. The van der Waals surface area contributed by atoms with Crippen LogP contribution in [-0.4, -0.2) is 25.0 Å². The third-order valence-electron chi connectivity index (χ3n) is 2.67. The lowest BCUT2D eigenvalue weighted by Gasteiger charge is -2.23. The summed E-state index contributed by atoms with van der Waals surface area (Å²) in [5, 5.41) is 6.37. The maximum atomic E-state index is 11.4. The number of unbranched alkanes of at least 4 members (excludes halogenated alkanes) is 2. The zero-order valence-corrected chi connectivity index (χ0v) is 9.14. The Morgan fingerprint density at radius 3 is 3.00 bits per heavy atom. The maximum absolute atomic E-state index is 11.4. The lowest BCUT2D eigenvalue weighted by Crippen LogP contribution is -2.45. The molecule has 0 aliphatic carbocycles. The zero-order chi connectivity index (χ0) is 10.2. The summed E-state index contributed by atoms with van der Waals surface area (Å²) in [6.45, 7) is 4.20. The van der Waals surface area contributed by atoms with Crippen molar-refractivity contribution in [2.75, 3.05) is 13.1 Å². The fourth-order valence-corrected chi connectivity index (χ4v) is 1.81. The molecule has 14 heavy (non-hydrogen) atoms. The number of hydrogen-bond donors (Lipinski definition) is 2. The molecule has 0 unspecified atom stereocenters. The molecule has 0 aromatic rings. The Hall–Kier alpha value is -0.570. The van der Waals surface area contributed by atoms with Crippen molar-refractivity contribution in [2.45, 2.75) is 51.5 Å². The van der Waals surface area contributed by atoms with E-state index in [1.165, 1.54) is 12.8 Å². The largest absolute Gasteiger partial charge is 0.352 e. The standard InChI is InChI=1S/C11H22N2O/c1-2-3-4-7-11(14)13-10-6-5-8-12-9-10/h10,12H,2-9H2,1H3,(H,13,14)/t10-/m0/s1. The van der Waals surface area contributed by atoms with Crippen LogP contribution in [0, 0.1) is 0 Å². The summed E-state index contributed by atoms with van der Waals surface area (Å²) in [5.41, 5.74) is 0. The minimum Gasteiger partial charge on any atom is -0.352 e. The van der Waals surface area contributed by atoms with Gasteiger partial charge in [-0.05, 0) is 25.8 Å². The first-order chi connectivity index (χ1) is 6.83. The Morgan fingerprint density at radius 2 is 2.36 bits per heavy atom. The van der Waals surface area contributed by atoms with E-state index in [1.807, 2.05) is 0 Å². The zero-order valence-electron chi connectivity index (χ0n) is 9.14. The second kappa shape index (κ2) is 6.82. The predicted octanol–water partition coefficient (Wildman–Crippen LogP) is 1.43. The summed E-state index contributed by atoms with van der Waals surface area (Å²) >= 11 is 0. The molecule has 1 saturated heterocycles. The third kappa shape index (κ3) is 4.61. The molecule has 3 nitrogen and oxygen atoms in total. The lowest BCUT2D eigenvalue weighted by atomic mass is 10.1. The van der Waals surface area contributed by atoms with E-state index in [2.05, 4.69) is 17.6 Å². The highest BCUT2D eigenvalue weighted by Crippen LogP contribution is 2.03. The molecule has 1 aliphatic heterocycles. The molecular formula is C11H22N2O. The first-order valence-corrected chi connectivity index (χ1v) is 5.83. The first kappa shape index (κ1) is 11.5. The van der Waals surface area contributed by atoms with Gasteiger partial charge in [-0.3, -0.25) is 4.79 Å². The predicted molar refractivity (Wildman–Crippen MR) is 58.2 cm³/mol. The molecule has 0 saturated carbocycles. The van der Waals surface area contributed by atoms with Crippen LogP contribution < -0.4 is 10.6 Å².